The van der Waals surface area contributed by atoms with Gasteiger partial charge in [0.05, 0.1) is 12.0 Å². The van der Waals surface area contributed by atoms with E-state index >= 15 is 0 Å². The van der Waals surface area contributed by atoms with Gasteiger partial charge < -0.3 is 0 Å². The normalized spacial score (nSPS) is 10.0. The molecule has 0 amide bonds. The smallest absolute Gasteiger partial charge is 0.206 e. The van der Waals surface area contributed by atoms with E-state index in [2.05, 4.69) is 0 Å². The van der Waals surface area contributed by atoms with E-state index in [9.17, 15) is 18.8 Å². The lowest BCUT2D eigenvalue weighted by atomic mass is 10.0. The third-order valence-corrected chi connectivity index (χ3v) is 2.28. The van der Waals surface area contributed by atoms with E-state index in [-0.39, 0.29) is 12.0 Å². The summed E-state index contributed by atoms with van der Waals surface area (Å²) in [4.78, 5) is 34.1. The van der Waals surface area contributed by atoms with E-state index in [1.165, 1.54) is 18.2 Å². The van der Waals surface area contributed by atoms with Crippen molar-refractivity contribution in [3.63, 3.8) is 0 Å². The SMILES string of the molecule is CCCC(=O)C(=O)CC(=O)c1ccccc1F. The Morgan fingerprint density at radius 3 is 2.35 bits per heavy atom. The number of Topliss-reactive ketones (excluding diaryl/α,β-unsaturated/α-hetero) is 3. The van der Waals surface area contributed by atoms with Gasteiger partial charge in [-0.2, -0.15) is 0 Å². The van der Waals surface area contributed by atoms with Gasteiger partial charge in [0.15, 0.2) is 11.6 Å². The summed E-state index contributed by atoms with van der Waals surface area (Å²) in [5, 5.41) is 0. The van der Waals surface area contributed by atoms with Crippen molar-refractivity contribution < 1.29 is 18.8 Å². The number of ketones is 3. The molecule has 0 saturated heterocycles. The molecule has 0 aliphatic carbocycles. The quantitative estimate of drug-likeness (QED) is 0.432. The number of benzene rings is 1. The van der Waals surface area contributed by atoms with Gasteiger partial charge in [-0.25, -0.2) is 4.39 Å². The summed E-state index contributed by atoms with van der Waals surface area (Å²) in [7, 11) is 0. The van der Waals surface area contributed by atoms with Crippen LogP contribution in [0.5, 0.6) is 0 Å². The van der Waals surface area contributed by atoms with Gasteiger partial charge in [0, 0.05) is 6.42 Å². The summed E-state index contributed by atoms with van der Waals surface area (Å²) in [5.74, 6) is -2.65. The summed E-state index contributed by atoms with van der Waals surface area (Å²) < 4.78 is 13.2. The van der Waals surface area contributed by atoms with E-state index < -0.39 is 29.6 Å². The molecule has 0 unspecified atom stereocenters. The fraction of sp³-hybridized carbons (Fsp3) is 0.308. The molecule has 1 rings (SSSR count). The second kappa shape index (κ2) is 6.03. The molecule has 0 saturated carbocycles. The number of carbonyl (C=O) groups excluding carboxylic acids is 3. The molecule has 1 aromatic carbocycles. The highest BCUT2D eigenvalue weighted by Crippen LogP contribution is 2.10. The maximum atomic E-state index is 13.2. The molecule has 0 atom stereocenters. The lowest BCUT2D eigenvalue weighted by molar-refractivity contribution is -0.136. The molecule has 0 spiro atoms. The van der Waals surface area contributed by atoms with Crippen LogP contribution in [0.2, 0.25) is 0 Å². The van der Waals surface area contributed by atoms with Crippen LogP contribution >= 0.6 is 0 Å². The number of halogens is 1. The number of carbonyl (C=O) groups is 3. The lowest BCUT2D eigenvalue weighted by Crippen LogP contribution is -2.18. The van der Waals surface area contributed by atoms with E-state index in [4.69, 9.17) is 0 Å². The van der Waals surface area contributed by atoms with Gasteiger partial charge in [-0.05, 0) is 18.6 Å². The molecule has 0 fully saturated rings. The second-order valence-electron chi connectivity index (χ2n) is 3.68. The fourth-order valence-corrected chi connectivity index (χ4v) is 1.39. The van der Waals surface area contributed by atoms with E-state index in [0.29, 0.717) is 6.42 Å². The van der Waals surface area contributed by atoms with Gasteiger partial charge in [-0.3, -0.25) is 14.4 Å². The molecule has 0 aliphatic heterocycles. The minimum atomic E-state index is -0.750. The average molecular weight is 236 g/mol. The summed E-state index contributed by atoms with van der Waals surface area (Å²) in [6, 6.07) is 5.41. The largest absolute Gasteiger partial charge is 0.294 e. The maximum Gasteiger partial charge on any atom is 0.206 e. The fourth-order valence-electron chi connectivity index (χ4n) is 1.39. The minimum absolute atomic E-state index is 0.128. The van der Waals surface area contributed by atoms with Crippen molar-refractivity contribution in [2.24, 2.45) is 0 Å². The van der Waals surface area contributed by atoms with Gasteiger partial charge in [0.1, 0.15) is 5.82 Å². The molecule has 4 heteroatoms. The molecule has 0 radical (unpaired) electrons. The third kappa shape index (κ3) is 3.59. The lowest BCUT2D eigenvalue weighted by Gasteiger charge is -2.01. The Bertz CT molecular complexity index is 452. The van der Waals surface area contributed by atoms with Crippen molar-refractivity contribution in [1.82, 2.24) is 0 Å². The summed E-state index contributed by atoms with van der Waals surface area (Å²) in [6.45, 7) is 1.77. The molecule has 0 aromatic heterocycles. The van der Waals surface area contributed by atoms with E-state index in [1.54, 1.807) is 6.92 Å². The Labute approximate surface area is 98.6 Å². The van der Waals surface area contributed by atoms with Crippen LogP contribution in [0, 0.1) is 5.82 Å². The first-order chi connectivity index (χ1) is 8.06. The van der Waals surface area contributed by atoms with Crippen LogP contribution in [0.15, 0.2) is 24.3 Å². The molecular weight excluding hydrogens is 223 g/mol. The molecule has 0 bridgehead atoms. The van der Waals surface area contributed by atoms with Crippen LogP contribution < -0.4 is 0 Å². The van der Waals surface area contributed by atoms with Crippen LogP contribution in [-0.4, -0.2) is 17.3 Å². The zero-order valence-corrected chi connectivity index (χ0v) is 9.53. The Morgan fingerprint density at radius 2 is 1.76 bits per heavy atom. The molecule has 1 aromatic rings. The molecule has 0 aliphatic rings. The third-order valence-electron chi connectivity index (χ3n) is 2.28. The summed E-state index contributed by atoms with van der Waals surface area (Å²) >= 11 is 0. The number of hydrogen-bond acceptors (Lipinski definition) is 3. The zero-order valence-electron chi connectivity index (χ0n) is 9.53. The van der Waals surface area contributed by atoms with E-state index in [0.717, 1.165) is 6.07 Å². The first-order valence-corrected chi connectivity index (χ1v) is 5.40. The maximum absolute atomic E-state index is 13.2. The van der Waals surface area contributed by atoms with Crippen LogP contribution in [0.3, 0.4) is 0 Å². The van der Waals surface area contributed by atoms with Gasteiger partial charge in [0.25, 0.3) is 0 Å². The predicted molar refractivity (Wildman–Crippen MR) is 60.3 cm³/mol. The Balaban J connectivity index is 2.71. The van der Waals surface area contributed by atoms with Crippen LogP contribution in [0.25, 0.3) is 0 Å². The van der Waals surface area contributed by atoms with Crippen molar-refractivity contribution in [3.05, 3.63) is 35.6 Å². The standard InChI is InChI=1S/C13H13FO3/c1-2-5-11(15)13(17)8-12(16)9-6-3-4-7-10(9)14/h3-4,6-7H,2,5,8H2,1H3. The van der Waals surface area contributed by atoms with Gasteiger partial charge in [0.2, 0.25) is 5.78 Å². The topological polar surface area (TPSA) is 51.2 Å². The Kier molecular flexibility index (Phi) is 4.69. The molecule has 17 heavy (non-hydrogen) atoms. The highest BCUT2D eigenvalue weighted by Gasteiger charge is 2.19. The highest BCUT2D eigenvalue weighted by atomic mass is 19.1. The Hall–Kier alpha value is -1.84. The van der Waals surface area contributed by atoms with Crippen molar-refractivity contribution in [2.45, 2.75) is 26.2 Å². The number of hydrogen-bond donors (Lipinski definition) is 0. The van der Waals surface area contributed by atoms with Gasteiger partial charge >= 0.3 is 0 Å². The van der Waals surface area contributed by atoms with Gasteiger partial charge in [-0.15, -0.1) is 0 Å². The van der Waals surface area contributed by atoms with Crippen molar-refractivity contribution in [2.75, 3.05) is 0 Å². The van der Waals surface area contributed by atoms with Crippen molar-refractivity contribution >= 4 is 17.3 Å². The second-order valence-corrected chi connectivity index (χ2v) is 3.68. The van der Waals surface area contributed by atoms with Crippen molar-refractivity contribution in [1.29, 1.82) is 0 Å². The first kappa shape index (κ1) is 13.2. The summed E-state index contributed by atoms with van der Waals surface area (Å²) in [5.41, 5.74) is -0.148. The average Bonchev–Trinajstić information content (AvgIpc) is 2.29. The van der Waals surface area contributed by atoms with Crippen molar-refractivity contribution in [3.8, 4) is 0 Å². The van der Waals surface area contributed by atoms with E-state index in [1.807, 2.05) is 0 Å². The number of rotatable bonds is 6. The molecule has 0 heterocycles. The predicted octanol–water partition coefficient (Wildman–Crippen LogP) is 2.34. The molecular formula is C13H13FO3. The zero-order chi connectivity index (χ0) is 12.8. The van der Waals surface area contributed by atoms with Gasteiger partial charge in [-0.1, -0.05) is 19.1 Å². The monoisotopic (exact) mass is 236 g/mol. The Morgan fingerprint density at radius 1 is 1.12 bits per heavy atom. The first-order valence-electron chi connectivity index (χ1n) is 5.40. The molecule has 90 valence electrons. The summed E-state index contributed by atoms with van der Waals surface area (Å²) in [6.07, 6.45) is 0.127. The molecule has 0 N–H and O–H groups in total. The highest BCUT2D eigenvalue weighted by molar-refractivity contribution is 6.41. The van der Waals surface area contributed by atoms with Crippen LogP contribution in [-0.2, 0) is 9.59 Å². The minimum Gasteiger partial charge on any atom is -0.294 e. The van der Waals surface area contributed by atoms with Crippen LogP contribution in [0.1, 0.15) is 36.5 Å². The van der Waals surface area contributed by atoms with Crippen LogP contribution in [0.4, 0.5) is 4.39 Å². The molecule has 3 nitrogen and oxygen atoms in total.